The standard InChI is InChI=1S/C20H28N4O5S/c25-19(22-10-12-23(13-11-22)20(26)18-4-2-14-29-18)16-5-8-24(9-6-16)30(27,28)17-3-1-7-21-15-17/h1,3,7,15-16,18H,2,4-6,8-14H2. The van der Waals surface area contributed by atoms with Gasteiger partial charge in [-0.3, -0.25) is 14.6 Å². The summed E-state index contributed by atoms with van der Waals surface area (Å²) in [7, 11) is -3.57. The van der Waals surface area contributed by atoms with Crippen LogP contribution in [0.25, 0.3) is 0 Å². The van der Waals surface area contributed by atoms with E-state index in [2.05, 4.69) is 4.98 Å². The van der Waals surface area contributed by atoms with Crippen LogP contribution in [0.15, 0.2) is 29.4 Å². The highest BCUT2D eigenvalue weighted by Gasteiger charge is 2.36. The number of ether oxygens (including phenoxy) is 1. The first kappa shape index (κ1) is 21.2. The van der Waals surface area contributed by atoms with Crippen molar-refractivity contribution >= 4 is 21.8 Å². The average Bonchev–Trinajstić information content (AvgIpc) is 3.34. The number of carbonyl (C=O) groups is 2. The predicted octanol–water partition coefficient (Wildman–Crippen LogP) is 0.332. The van der Waals surface area contributed by atoms with E-state index in [1.165, 1.54) is 22.8 Å². The third kappa shape index (κ3) is 4.35. The molecule has 1 aromatic rings. The Bertz CT molecular complexity index is 856. The molecule has 2 amide bonds. The minimum absolute atomic E-state index is 0.0357. The van der Waals surface area contributed by atoms with Crippen LogP contribution in [-0.4, -0.2) is 91.3 Å². The van der Waals surface area contributed by atoms with Gasteiger partial charge in [0.25, 0.3) is 5.91 Å². The van der Waals surface area contributed by atoms with Crippen molar-refractivity contribution in [2.75, 3.05) is 45.9 Å². The van der Waals surface area contributed by atoms with Gasteiger partial charge in [-0.25, -0.2) is 8.42 Å². The van der Waals surface area contributed by atoms with Crippen molar-refractivity contribution in [1.82, 2.24) is 19.1 Å². The van der Waals surface area contributed by atoms with Crippen LogP contribution in [-0.2, 0) is 24.3 Å². The summed E-state index contributed by atoms with van der Waals surface area (Å²) in [5.41, 5.74) is 0. The molecule has 164 valence electrons. The molecule has 3 fully saturated rings. The molecule has 0 saturated carbocycles. The molecule has 1 aromatic heterocycles. The molecular weight excluding hydrogens is 408 g/mol. The van der Waals surface area contributed by atoms with Gasteiger partial charge in [-0.2, -0.15) is 4.31 Å². The number of hydrogen-bond acceptors (Lipinski definition) is 6. The van der Waals surface area contributed by atoms with E-state index in [4.69, 9.17) is 4.74 Å². The summed E-state index contributed by atoms with van der Waals surface area (Å²) >= 11 is 0. The monoisotopic (exact) mass is 436 g/mol. The first-order chi connectivity index (χ1) is 14.5. The number of piperidine rings is 1. The predicted molar refractivity (Wildman–Crippen MR) is 108 cm³/mol. The lowest BCUT2D eigenvalue weighted by Crippen LogP contribution is -2.54. The van der Waals surface area contributed by atoms with E-state index < -0.39 is 10.0 Å². The molecule has 3 aliphatic rings. The molecule has 4 rings (SSSR count). The van der Waals surface area contributed by atoms with Crippen molar-refractivity contribution in [3.8, 4) is 0 Å². The van der Waals surface area contributed by atoms with E-state index in [1.54, 1.807) is 11.0 Å². The molecule has 0 bridgehead atoms. The molecular formula is C20H28N4O5S. The third-order valence-electron chi connectivity index (χ3n) is 6.18. The Labute approximate surface area is 177 Å². The minimum atomic E-state index is -3.57. The lowest BCUT2D eigenvalue weighted by Gasteiger charge is -2.38. The summed E-state index contributed by atoms with van der Waals surface area (Å²) in [6.07, 6.45) is 5.28. The van der Waals surface area contributed by atoms with Crippen LogP contribution in [0.4, 0.5) is 0 Å². The van der Waals surface area contributed by atoms with E-state index in [9.17, 15) is 18.0 Å². The molecule has 9 nitrogen and oxygen atoms in total. The molecule has 0 radical (unpaired) electrons. The van der Waals surface area contributed by atoms with Crippen molar-refractivity contribution in [1.29, 1.82) is 0 Å². The molecule has 1 atom stereocenters. The van der Waals surface area contributed by atoms with Crippen molar-refractivity contribution in [2.24, 2.45) is 5.92 Å². The van der Waals surface area contributed by atoms with Gasteiger partial charge in [0, 0.05) is 64.2 Å². The van der Waals surface area contributed by atoms with E-state index in [0.717, 1.165) is 12.8 Å². The lowest BCUT2D eigenvalue weighted by molar-refractivity contribution is -0.147. The van der Waals surface area contributed by atoms with Crippen molar-refractivity contribution in [2.45, 2.75) is 36.7 Å². The molecule has 3 aliphatic heterocycles. The zero-order valence-electron chi connectivity index (χ0n) is 17.0. The molecule has 0 aliphatic carbocycles. The Hall–Kier alpha value is -2.04. The second-order valence-corrected chi connectivity index (χ2v) is 9.96. The zero-order chi connectivity index (χ0) is 21.1. The fourth-order valence-corrected chi connectivity index (χ4v) is 5.81. The largest absolute Gasteiger partial charge is 0.368 e. The first-order valence-corrected chi connectivity index (χ1v) is 12.0. The highest BCUT2D eigenvalue weighted by molar-refractivity contribution is 7.89. The summed E-state index contributed by atoms with van der Waals surface area (Å²) in [5, 5.41) is 0. The van der Waals surface area contributed by atoms with Gasteiger partial charge >= 0.3 is 0 Å². The fraction of sp³-hybridized carbons (Fsp3) is 0.650. The van der Waals surface area contributed by atoms with Crippen LogP contribution in [0.1, 0.15) is 25.7 Å². The molecule has 1 unspecified atom stereocenters. The fourth-order valence-electron chi connectivity index (χ4n) is 4.37. The summed E-state index contributed by atoms with van der Waals surface area (Å²) in [6.45, 7) is 3.38. The number of pyridine rings is 1. The smallest absolute Gasteiger partial charge is 0.251 e. The third-order valence-corrected chi connectivity index (χ3v) is 8.07. The Morgan fingerprint density at radius 3 is 2.20 bits per heavy atom. The van der Waals surface area contributed by atoms with Crippen molar-refractivity contribution in [3.63, 3.8) is 0 Å². The second-order valence-electron chi connectivity index (χ2n) is 8.02. The van der Waals surface area contributed by atoms with Gasteiger partial charge < -0.3 is 14.5 Å². The van der Waals surface area contributed by atoms with Gasteiger partial charge in [0.1, 0.15) is 11.0 Å². The molecule has 0 N–H and O–H groups in total. The van der Waals surface area contributed by atoms with Crippen LogP contribution >= 0.6 is 0 Å². The number of carbonyl (C=O) groups excluding carboxylic acids is 2. The van der Waals surface area contributed by atoms with E-state index in [0.29, 0.717) is 58.7 Å². The minimum Gasteiger partial charge on any atom is -0.368 e. The number of nitrogens with zero attached hydrogens (tertiary/aromatic N) is 4. The van der Waals surface area contributed by atoms with Gasteiger partial charge in [0.05, 0.1) is 0 Å². The van der Waals surface area contributed by atoms with Crippen LogP contribution < -0.4 is 0 Å². The Morgan fingerprint density at radius 2 is 1.63 bits per heavy atom. The number of rotatable bonds is 4. The highest BCUT2D eigenvalue weighted by atomic mass is 32.2. The lowest BCUT2D eigenvalue weighted by atomic mass is 9.96. The van der Waals surface area contributed by atoms with Gasteiger partial charge in [-0.15, -0.1) is 0 Å². The summed E-state index contributed by atoms with van der Waals surface area (Å²) in [6, 6.07) is 3.14. The zero-order valence-corrected chi connectivity index (χ0v) is 17.8. The highest BCUT2D eigenvalue weighted by Crippen LogP contribution is 2.25. The van der Waals surface area contributed by atoms with E-state index in [-0.39, 0.29) is 28.7 Å². The van der Waals surface area contributed by atoms with Gasteiger partial charge in [-0.05, 0) is 37.8 Å². The van der Waals surface area contributed by atoms with Crippen molar-refractivity contribution < 1.29 is 22.7 Å². The summed E-state index contributed by atoms with van der Waals surface area (Å²) < 4.78 is 32.3. The Balaban J connectivity index is 1.27. The number of sulfonamides is 1. The quantitative estimate of drug-likeness (QED) is 0.675. The van der Waals surface area contributed by atoms with Gasteiger partial charge in [0.15, 0.2) is 0 Å². The molecule has 10 heteroatoms. The Kier molecular flexibility index (Phi) is 6.35. The molecule has 4 heterocycles. The molecule has 0 aromatic carbocycles. The van der Waals surface area contributed by atoms with Crippen LogP contribution in [0.3, 0.4) is 0 Å². The normalized spacial score (nSPS) is 24.2. The number of amides is 2. The maximum Gasteiger partial charge on any atom is 0.251 e. The number of piperazine rings is 1. The maximum absolute atomic E-state index is 12.9. The summed E-state index contributed by atoms with van der Waals surface area (Å²) in [4.78, 5) is 33.1. The van der Waals surface area contributed by atoms with E-state index >= 15 is 0 Å². The Morgan fingerprint density at radius 1 is 0.967 bits per heavy atom. The van der Waals surface area contributed by atoms with Crippen LogP contribution in [0, 0.1) is 5.92 Å². The molecule has 3 saturated heterocycles. The SMILES string of the molecule is O=C(C1CCN(S(=O)(=O)c2cccnc2)CC1)N1CCN(C(=O)C2CCCO2)CC1. The summed E-state index contributed by atoms with van der Waals surface area (Å²) in [5.74, 6) is -0.0723. The topological polar surface area (TPSA) is 100 Å². The molecule has 0 spiro atoms. The van der Waals surface area contributed by atoms with Gasteiger partial charge in [0.2, 0.25) is 15.9 Å². The second kappa shape index (κ2) is 8.99. The van der Waals surface area contributed by atoms with E-state index in [1.807, 2.05) is 4.90 Å². The van der Waals surface area contributed by atoms with Crippen LogP contribution in [0.2, 0.25) is 0 Å². The van der Waals surface area contributed by atoms with Gasteiger partial charge in [-0.1, -0.05) is 0 Å². The first-order valence-electron chi connectivity index (χ1n) is 10.6. The maximum atomic E-state index is 12.9. The number of hydrogen-bond donors (Lipinski definition) is 0. The number of aromatic nitrogens is 1. The van der Waals surface area contributed by atoms with Crippen LogP contribution in [0.5, 0.6) is 0 Å². The molecule has 30 heavy (non-hydrogen) atoms. The van der Waals surface area contributed by atoms with Crippen molar-refractivity contribution in [3.05, 3.63) is 24.5 Å². The average molecular weight is 437 g/mol.